The van der Waals surface area contributed by atoms with Gasteiger partial charge in [0.2, 0.25) is 0 Å². The van der Waals surface area contributed by atoms with Crippen LogP contribution >= 0.6 is 11.3 Å². The molecule has 0 unspecified atom stereocenters. The molecule has 0 bridgehead atoms. The molecule has 0 aliphatic rings. The maximum atomic E-state index is 6.94. The molecule has 0 saturated carbocycles. The van der Waals surface area contributed by atoms with Gasteiger partial charge in [-0.15, -0.1) is 11.3 Å². The Labute approximate surface area is 360 Å². The van der Waals surface area contributed by atoms with E-state index < -0.39 is 0 Å². The van der Waals surface area contributed by atoms with E-state index in [4.69, 9.17) is 8.83 Å². The minimum atomic E-state index is 0.836. The zero-order chi connectivity index (χ0) is 40.7. The van der Waals surface area contributed by atoms with Crippen LogP contribution in [-0.2, 0) is 0 Å². The molecular weight excluding hydrogens is 775 g/mol. The van der Waals surface area contributed by atoms with E-state index in [-0.39, 0.29) is 0 Å². The highest BCUT2D eigenvalue weighted by molar-refractivity contribution is 7.26. The van der Waals surface area contributed by atoms with Gasteiger partial charge >= 0.3 is 0 Å². The summed E-state index contributed by atoms with van der Waals surface area (Å²) in [7, 11) is 0. The van der Waals surface area contributed by atoms with Gasteiger partial charge < -0.3 is 13.7 Å². The molecule has 62 heavy (non-hydrogen) atoms. The Hall–Kier alpha value is -7.92. The average Bonchev–Trinajstić information content (AvgIpc) is 4.03. The lowest BCUT2D eigenvalue weighted by atomic mass is 9.94. The molecule has 0 radical (unpaired) electrons. The number of para-hydroxylation sites is 2. The highest BCUT2D eigenvalue weighted by atomic mass is 32.1. The lowest BCUT2D eigenvalue weighted by molar-refractivity contribution is 0.665. The third-order valence-electron chi connectivity index (χ3n) is 12.5. The van der Waals surface area contributed by atoms with Crippen LogP contribution in [0.4, 0.5) is 17.1 Å². The summed E-state index contributed by atoms with van der Waals surface area (Å²) in [6, 6.07) is 76.1. The molecule has 3 aromatic heterocycles. The number of fused-ring (bicyclic) bond motifs is 10. The molecule has 3 heterocycles. The second kappa shape index (κ2) is 13.8. The molecule has 13 aromatic rings. The zero-order valence-corrected chi connectivity index (χ0v) is 34.2. The molecule has 0 spiro atoms. The Balaban J connectivity index is 0.991. The van der Waals surface area contributed by atoms with Gasteiger partial charge in [0.1, 0.15) is 22.3 Å². The standard InChI is InChI=1S/C58H35NO2S/c1-2-12-36(13-3-1)37-24-28-40(29-25-37)59(41-30-26-38(27-31-41)44-18-10-20-48-46-17-7-9-23-54(46)62-58(44)48)42-32-33-53-50(35-42)51-34-39-14-4-5-15-43(39)55(57(51)61-53)49-21-11-19-47-45-16-6-8-22-52(45)60-56(47)49/h1-35H. The second-order valence-corrected chi connectivity index (χ2v) is 17.0. The van der Waals surface area contributed by atoms with E-state index in [9.17, 15) is 0 Å². The molecule has 0 atom stereocenters. The van der Waals surface area contributed by atoms with Crippen LogP contribution in [0.3, 0.4) is 0 Å². The van der Waals surface area contributed by atoms with E-state index in [1.807, 2.05) is 23.5 Å². The van der Waals surface area contributed by atoms with Crippen molar-refractivity contribution in [1.82, 2.24) is 0 Å². The van der Waals surface area contributed by atoms with Crippen LogP contribution in [0.2, 0.25) is 0 Å². The molecule has 0 aliphatic heterocycles. The Bertz CT molecular complexity index is 3860. The fourth-order valence-corrected chi connectivity index (χ4v) is 10.8. The predicted octanol–water partition coefficient (Wildman–Crippen LogP) is 17.5. The Kier molecular flexibility index (Phi) is 7.78. The van der Waals surface area contributed by atoms with Crippen LogP contribution in [-0.4, -0.2) is 0 Å². The van der Waals surface area contributed by atoms with Gasteiger partial charge in [-0.2, -0.15) is 0 Å². The molecule has 0 fully saturated rings. The number of thiophene rings is 1. The lowest BCUT2D eigenvalue weighted by Crippen LogP contribution is -2.09. The normalized spacial score (nSPS) is 11.9. The average molecular weight is 810 g/mol. The monoisotopic (exact) mass is 809 g/mol. The van der Waals surface area contributed by atoms with E-state index in [0.29, 0.717) is 0 Å². The Morgan fingerprint density at radius 1 is 0.339 bits per heavy atom. The van der Waals surface area contributed by atoms with E-state index in [1.54, 1.807) is 0 Å². The van der Waals surface area contributed by atoms with Crippen LogP contribution in [0.5, 0.6) is 0 Å². The van der Waals surface area contributed by atoms with Gasteiger partial charge in [-0.05, 0) is 93.7 Å². The van der Waals surface area contributed by atoms with Gasteiger partial charge in [0, 0.05) is 69.9 Å². The summed E-state index contributed by atoms with van der Waals surface area (Å²) in [4.78, 5) is 2.36. The molecule has 0 aliphatic carbocycles. The first kappa shape index (κ1) is 34.9. The number of nitrogens with zero attached hydrogens (tertiary/aromatic N) is 1. The largest absolute Gasteiger partial charge is 0.455 e. The number of rotatable bonds is 6. The van der Waals surface area contributed by atoms with Crippen LogP contribution in [0.1, 0.15) is 0 Å². The highest BCUT2D eigenvalue weighted by Gasteiger charge is 2.22. The number of hydrogen-bond donors (Lipinski definition) is 0. The van der Waals surface area contributed by atoms with Crippen molar-refractivity contribution in [3.8, 4) is 33.4 Å². The van der Waals surface area contributed by atoms with Gasteiger partial charge in [-0.1, -0.05) is 152 Å². The van der Waals surface area contributed by atoms with E-state index in [0.717, 1.165) is 82.8 Å². The van der Waals surface area contributed by atoms with Crippen LogP contribution in [0, 0.1) is 0 Å². The first-order valence-electron chi connectivity index (χ1n) is 21.0. The Morgan fingerprint density at radius 3 is 1.76 bits per heavy atom. The summed E-state index contributed by atoms with van der Waals surface area (Å²) < 4.78 is 16.2. The lowest BCUT2D eigenvalue weighted by Gasteiger charge is -2.26. The molecule has 10 aromatic carbocycles. The van der Waals surface area contributed by atoms with Crippen LogP contribution in [0.15, 0.2) is 221 Å². The summed E-state index contributed by atoms with van der Waals surface area (Å²) in [6.45, 7) is 0. The molecule has 0 amide bonds. The number of benzene rings is 10. The zero-order valence-electron chi connectivity index (χ0n) is 33.4. The fourth-order valence-electron chi connectivity index (χ4n) is 9.56. The SMILES string of the molecule is c1ccc(-c2ccc(N(c3ccc(-c4cccc5c4sc4ccccc45)cc3)c3ccc4oc5c(-c6cccc7c6oc6ccccc67)c6ccccc6cc5c4c3)cc2)cc1. The fraction of sp³-hybridized carbons (Fsp3) is 0. The van der Waals surface area contributed by atoms with E-state index in [1.165, 1.54) is 42.4 Å². The van der Waals surface area contributed by atoms with Crippen molar-refractivity contribution in [2.75, 3.05) is 4.90 Å². The third kappa shape index (κ3) is 5.44. The molecular formula is C58H35NO2S. The number of furan rings is 2. The maximum absolute atomic E-state index is 6.94. The van der Waals surface area contributed by atoms with Crippen LogP contribution < -0.4 is 4.90 Å². The number of hydrogen-bond acceptors (Lipinski definition) is 4. The van der Waals surface area contributed by atoms with Crippen molar-refractivity contribution in [2.24, 2.45) is 0 Å². The van der Waals surface area contributed by atoms with Crippen molar-refractivity contribution < 1.29 is 8.83 Å². The smallest absolute Gasteiger partial charge is 0.144 e. The first-order chi connectivity index (χ1) is 30.7. The minimum absolute atomic E-state index is 0.836. The quantitative estimate of drug-likeness (QED) is 0.168. The molecule has 3 nitrogen and oxygen atoms in total. The van der Waals surface area contributed by atoms with Crippen molar-refractivity contribution in [3.63, 3.8) is 0 Å². The van der Waals surface area contributed by atoms with Crippen molar-refractivity contribution in [3.05, 3.63) is 212 Å². The van der Waals surface area contributed by atoms with Gasteiger partial charge in [0.15, 0.2) is 0 Å². The van der Waals surface area contributed by atoms with Gasteiger partial charge in [-0.25, -0.2) is 0 Å². The van der Waals surface area contributed by atoms with Crippen molar-refractivity contribution >= 4 is 103 Å². The molecule has 4 heteroatoms. The summed E-state index contributed by atoms with van der Waals surface area (Å²) in [5.41, 5.74) is 13.5. The van der Waals surface area contributed by atoms with E-state index >= 15 is 0 Å². The van der Waals surface area contributed by atoms with Gasteiger partial charge in [0.25, 0.3) is 0 Å². The molecule has 290 valence electrons. The minimum Gasteiger partial charge on any atom is -0.455 e. The summed E-state index contributed by atoms with van der Waals surface area (Å²) in [6.07, 6.45) is 0. The van der Waals surface area contributed by atoms with Crippen LogP contribution in [0.25, 0.3) is 108 Å². The first-order valence-corrected chi connectivity index (χ1v) is 21.8. The van der Waals surface area contributed by atoms with Crippen molar-refractivity contribution in [2.45, 2.75) is 0 Å². The highest BCUT2D eigenvalue weighted by Crippen LogP contribution is 2.47. The third-order valence-corrected chi connectivity index (χ3v) is 13.7. The number of anilines is 3. The molecule has 13 rings (SSSR count). The van der Waals surface area contributed by atoms with Crippen molar-refractivity contribution in [1.29, 1.82) is 0 Å². The topological polar surface area (TPSA) is 29.5 Å². The molecule has 0 N–H and O–H groups in total. The Morgan fingerprint density at radius 2 is 0.935 bits per heavy atom. The summed E-state index contributed by atoms with van der Waals surface area (Å²) in [5.74, 6) is 0. The molecule has 0 saturated heterocycles. The predicted molar refractivity (Wildman–Crippen MR) is 262 cm³/mol. The maximum Gasteiger partial charge on any atom is 0.144 e. The second-order valence-electron chi connectivity index (χ2n) is 16.0. The summed E-state index contributed by atoms with van der Waals surface area (Å²) >= 11 is 1.87. The van der Waals surface area contributed by atoms with Gasteiger partial charge in [-0.3, -0.25) is 0 Å². The van der Waals surface area contributed by atoms with E-state index in [2.05, 4.69) is 205 Å². The summed E-state index contributed by atoms with van der Waals surface area (Å²) in [5, 5.41) is 9.21. The van der Waals surface area contributed by atoms with Gasteiger partial charge in [0.05, 0.1) is 0 Å².